The fourth-order valence-corrected chi connectivity index (χ4v) is 1.35. The molecule has 1 aromatic carbocycles. The number of halogens is 1. The van der Waals surface area contributed by atoms with Crippen molar-refractivity contribution in [3.63, 3.8) is 0 Å². The SMILES string of the molecule is CC(C)C(C)(O)COc1ccc(Cl)c(C(=O)O)c1. The lowest BCUT2D eigenvalue weighted by molar-refractivity contribution is -0.0266. The molecule has 5 heteroatoms. The first-order valence-corrected chi connectivity index (χ1v) is 6.00. The van der Waals surface area contributed by atoms with Crippen molar-refractivity contribution in [3.05, 3.63) is 28.8 Å². The van der Waals surface area contributed by atoms with Gasteiger partial charge < -0.3 is 14.9 Å². The molecule has 0 aliphatic rings. The maximum Gasteiger partial charge on any atom is 0.337 e. The van der Waals surface area contributed by atoms with Crippen LogP contribution in [0.2, 0.25) is 5.02 Å². The zero-order chi connectivity index (χ0) is 13.9. The fraction of sp³-hybridized carbons (Fsp3) is 0.462. The Balaban J connectivity index is 2.81. The van der Waals surface area contributed by atoms with E-state index in [1.54, 1.807) is 13.0 Å². The normalized spacial score (nSPS) is 14.3. The number of hydrogen-bond acceptors (Lipinski definition) is 3. The number of aromatic carboxylic acids is 1. The maximum atomic E-state index is 10.9. The lowest BCUT2D eigenvalue weighted by Crippen LogP contribution is -2.37. The van der Waals surface area contributed by atoms with Crippen LogP contribution in [0, 0.1) is 5.92 Å². The quantitative estimate of drug-likeness (QED) is 0.865. The van der Waals surface area contributed by atoms with Crippen LogP contribution < -0.4 is 4.74 Å². The average molecular weight is 273 g/mol. The average Bonchev–Trinajstić information content (AvgIpc) is 2.27. The highest BCUT2D eigenvalue weighted by molar-refractivity contribution is 6.33. The Morgan fingerprint density at radius 2 is 2.11 bits per heavy atom. The molecule has 100 valence electrons. The van der Waals surface area contributed by atoms with E-state index in [2.05, 4.69) is 0 Å². The molecule has 0 amide bonds. The molecule has 0 fully saturated rings. The van der Waals surface area contributed by atoms with E-state index in [0.29, 0.717) is 5.75 Å². The molecule has 0 aliphatic carbocycles. The molecular formula is C13H17ClO4. The Morgan fingerprint density at radius 3 is 2.61 bits per heavy atom. The van der Waals surface area contributed by atoms with E-state index in [4.69, 9.17) is 21.4 Å². The predicted octanol–water partition coefficient (Wildman–Crippen LogP) is 2.82. The summed E-state index contributed by atoms with van der Waals surface area (Å²) in [4.78, 5) is 10.9. The van der Waals surface area contributed by atoms with Crippen molar-refractivity contribution in [2.45, 2.75) is 26.4 Å². The minimum absolute atomic E-state index is 0.0154. The standard InChI is InChI=1S/C13H17ClO4/c1-8(2)13(3,17)7-18-9-4-5-11(14)10(6-9)12(15)16/h4-6,8,17H,7H2,1-3H3,(H,15,16). The van der Waals surface area contributed by atoms with Gasteiger partial charge in [-0.25, -0.2) is 4.79 Å². The highest BCUT2D eigenvalue weighted by Gasteiger charge is 2.26. The largest absolute Gasteiger partial charge is 0.491 e. The molecule has 0 radical (unpaired) electrons. The van der Waals surface area contributed by atoms with Crippen LogP contribution in [0.1, 0.15) is 31.1 Å². The van der Waals surface area contributed by atoms with Crippen LogP contribution in [0.25, 0.3) is 0 Å². The third-order valence-corrected chi connectivity index (χ3v) is 3.27. The predicted molar refractivity (Wildman–Crippen MR) is 69.4 cm³/mol. The molecule has 0 spiro atoms. The van der Waals surface area contributed by atoms with Gasteiger partial charge in [0.1, 0.15) is 12.4 Å². The number of carboxylic acids is 1. The van der Waals surface area contributed by atoms with Crippen LogP contribution in [-0.4, -0.2) is 28.4 Å². The van der Waals surface area contributed by atoms with E-state index in [1.807, 2.05) is 13.8 Å². The van der Waals surface area contributed by atoms with Crippen molar-refractivity contribution >= 4 is 17.6 Å². The Bertz CT molecular complexity index is 441. The van der Waals surface area contributed by atoms with Gasteiger partial charge in [-0.3, -0.25) is 0 Å². The molecule has 1 aromatic rings. The number of aliphatic hydroxyl groups is 1. The number of rotatable bonds is 5. The third-order valence-electron chi connectivity index (χ3n) is 2.94. The summed E-state index contributed by atoms with van der Waals surface area (Å²) in [6, 6.07) is 4.39. The Kier molecular flexibility index (Phi) is 4.59. The fourth-order valence-electron chi connectivity index (χ4n) is 1.15. The number of carboxylic acid groups (broad SMARTS) is 1. The Hall–Kier alpha value is -1.26. The number of carbonyl (C=O) groups is 1. The zero-order valence-corrected chi connectivity index (χ0v) is 11.4. The number of benzene rings is 1. The lowest BCUT2D eigenvalue weighted by Gasteiger charge is -2.27. The molecule has 18 heavy (non-hydrogen) atoms. The summed E-state index contributed by atoms with van der Waals surface area (Å²) in [6.45, 7) is 5.53. The zero-order valence-electron chi connectivity index (χ0n) is 10.6. The van der Waals surface area contributed by atoms with Crippen molar-refractivity contribution in [2.24, 2.45) is 5.92 Å². The van der Waals surface area contributed by atoms with Crippen LogP contribution in [0.3, 0.4) is 0 Å². The van der Waals surface area contributed by atoms with Gasteiger partial charge >= 0.3 is 5.97 Å². The van der Waals surface area contributed by atoms with Crippen LogP contribution in [-0.2, 0) is 0 Å². The second-order valence-corrected chi connectivity index (χ2v) is 5.15. The third kappa shape index (κ3) is 3.62. The first-order chi connectivity index (χ1) is 8.24. The van der Waals surface area contributed by atoms with Crippen LogP contribution >= 0.6 is 11.6 Å². The molecule has 0 saturated heterocycles. The van der Waals surface area contributed by atoms with E-state index in [1.165, 1.54) is 12.1 Å². The van der Waals surface area contributed by atoms with Gasteiger partial charge in [0.15, 0.2) is 0 Å². The van der Waals surface area contributed by atoms with Gasteiger partial charge in [-0.1, -0.05) is 25.4 Å². The van der Waals surface area contributed by atoms with Gasteiger partial charge in [0.25, 0.3) is 0 Å². The molecule has 1 unspecified atom stereocenters. The van der Waals surface area contributed by atoms with Gasteiger partial charge in [-0.15, -0.1) is 0 Å². The van der Waals surface area contributed by atoms with Crippen molar-refractivity contribution in [3.8, 4) is 5.75 Å². The van der Waals surface area contributed by atoms with Gasteiger partial charge in [-0.2, -0.15) is 0 Å². The summed E-state index contributed by atoms with van der Waals surface area (Å²) in [5.41, 5.74) is -0.985. The van der Waals surface area contributed by atoms with Crippen LogP contribution in [0.5, 0.6) is 5.75 Å². The highest BCUT2D eigenvalue weighted by atomic mass is 35.5. The van der Waals surface area contributed by atoms with Gasteiger partial charge in [0.2, 0.25) is 0 Å². The molecule has 0 bridgehead atoms. The second kappa shape index (κ2) is 5.59. The summed E-state index contributed by atoms with van der Waals surface area (Å²) >= 11 is 5.75. The molecule has 1 rings (SSSR count). The van der Waals surface area contributed by atoms with Crippen molar-refractivity contribution < 1.29 is 19.7 Å². The molecule has 0 aromatic heterocycles. The Labute approximate surface area is 111 Å². The van der Waals surface area contributed by atoms with Crippen molar-refractivity contribution in [2.75, 3.05) is 6.61 Å². The van der Waals surface area contributed by atoms with Gasteiger partial charge in [0, 0.05) is 0 Å². The van der Waals surface area contributed by atoms with E-state index in [0.717, 1.165) is 0 Å². The highest BCUT2D eigenvalue weighted by Crippen LogP contribution is 2.24. The summed E-state index contributed by atoms with van der Waals surface area (Å²) in [5.74, 6) is -0.706. The molecular weight excluding hydrogens is 256 g/mol. The minimum atomic E-state index is -1.11. The molecule has 1 atom stereocenters. The van der Waals surface area contributed by atoms with Crippen molar-refractivity contribution in [1.82, 2.24) is 0 Å². The molecule has 0 aliphatic heterocycles. The number of hydrogen-bond donors (Lipinski definition) is 2. The second-order valence-electron chi connectivity index (χ2n) is 4.75. The smallest absolute Gasteiger partial charge is 0.337 e. The molecule has 0 heterocycles. The van der Waals surface area contributed by atoms with Crippen molar-refractivity contribution in [1.29, 1.82) is 0 Å². The van der Waals surface area contributed by atoms with E-state index < -0.39 is 11.6 Å². The topological polar surface area (TPSA) is 66.8 Å². The monoisotopic (exact) mass is 272 g/mol. The van der Waals surface area contributed by atoms with E-state index in [-0.39, 0.29) is 23.1 Å². The Morgan fingerprint density at radius 1 is 1.50 bits per heavy atom. The summed E-state index contributed by atoms with van der Waals surface area (Å²) in [6.07, 6.45) is 0. The minimum Gasteiger partial charge on any atom is -0.491 e. The van der Waals surface area contributed by atoms with E-state index in [9.17, 15) is 9.90 Å². The van der Waals surface area contributed by atoms with E-state index >= 15 is 0 Å². The number of ether oxygens (including phenoxy) is 1. The lowest BCUT2D eigenvalue weighted by atomic mass is 9.94. The first kappa shape index (κ1) is 14.8. The summed E-state index contributed by atoms with van der Waals surface area (Å²) in [5, 5.41) is 19.1. The molecule has 2 N–H and O–H groups in total. The molecule has 4 nitrogen and oxygen atoms in total. The van der Waals surface area contributed by atoms with Crippen LogP contribution in [0.4, 0.5) is 0 Å². The first-order valence-electron chi connectivity index (χ1n) is 5.62. The summed E-state index contributed by atoms with van der Waals surface area (Å²) in [7, 11) is 0. The molecule has 0 saturated carbocycles. The van der Waals surface area contributed by atoms with Crippen LogP contribution in [0.15, 0.2) is 18.2 Å². The van der Waals surface area contributed by atoms with Gasteiger partial charge in [-0.05, 0) is 31.0 Å². The maximum absolute atomic E-state index is 10.9. The van der Waals surface area contributed by atoms with Gasteiger partial charge in [0.05, 0.1) is 16.2 Å². The summed E-state index contributed by atoms with van der Waals surface area (Å²) < 4.78 is 5.41.